The fourth-order valence-electron chi connectivity index (χ4n) is 2.32. The van der Waals surface area contributed by atoms with Crippen molar-refractivity contribution < 1.29 is 19.9 Å². The van der Waals surface area contributed by atoms with E-state index in [9.17, 15) is 9.59 Å². The van der Waals surface area contributed by atoms with Crippen LogP contribution in [-0.2, 0) is 4.79 Å². The maximum absolute atomic E-state index is 12.2. The average Bonchev–Trinajstić information content (AvgIpc) is 2.72. The summed E-state index contributed by atoms with van der Waals surface area (Å²) < 4.78 is 0. The molecule has 0 saturated carbocycles. The molecule has 0 radical (unpaired) electrons. The number of hydrogen-bond acceptors (Lipinski definition) is 6. The summed E-state index contributed by atoms with van der Waals surface area (Å²) in [7, 11) is 1.89. The van der Waals surface area contributed by atoms with Gasteiger partial charge in [-0.1, -0.05) is 24.3 Å². The number of nitrogens with zero attached hydrogens (tertiary/aromatic N) is 2. The van der Waals surface area contributed by atoms with Crippen LogP contribution in [0.15, 0.2) is 59.7 Å². The number of hydrogen-bond donors (Lipinski definition) is 4. The highest BCUT2D eigenvalue weighted by molar-refractivity contribution is 5.96. The lowest BCUT2D eigenvalue weighted by molar-refractivity contribution is -0.124. The summed E-state index contributed by atoms with van der Waals surface area (Å²) in [6.45, 7) is 0.625. The molecule has 2 aromatic carbocycles. The minimum Gasteiger partial charge on any atom is -0.395 e. The first-order valence-corrected chi connectivity index (χ1v) is 8.51. The smallest absolute Gasteiger partial charge is 0.271 e. The van der Waals surface area contributed by atoms with Crippen molar-refractivity contribution in [1.82, 2.24) is 10.9 Å². The highest BCUT2D eigenvalue weighted by atomic mass is 16.5. The van der Waals surface area contributed by atoms with E-state index >= 15 is 0 Å². The van der Waals surface area contributed by atoms with Crippen molar-refractivity contribution >= 4 is 29.8 Å². The number of carbonyl (C=O) groups is 2. The SMILES string of the molecule is CN(CCO)c1ccc(/C=N\NC(=O)c2cccc(/C=C/C(=O)NO)c2)cc1. The molecule has 0 saturated heterocycles. The Hall–Kier alpha value is -3.49. The molecular formula is C20H22N4O4. The van der Waals surface area contributed by atoms with E-state index < -0.39 is 11.8 Å². The summed E-state index contributed by atoms with van der Waals surface area (Å²) in [5.74, 6) is -1.05. The van der Waals surface area contributed by atoms with Gasteiger partial charge in [0.25, 0.3) is 11.8 Å². The second-order valence-electron chi connectivity index (χ2n) is 5.87. The third-order valence-corrected chi connectivity index (χ3v) is 3.84. The number of amides is 2. The van der Waals surface area contributed by atoms with Gasteiger partial charge in [-0.15, -0.1) is 0 Å². The molecule has 2 amide bonds. The number of anilines is 1. The Kier molecular flexibility index (Phi) is 7.89. The molecular weight excluding hydrogens is 360 g/mol. The summed E-state index contributed by atoms with van der Waals surface area (Å²) in [5.41, 5.74) is 6.73. The van der Waals surface area contributed by atoms with Crippen molar-refractivity contribution in [1.29, 1.82) is 0 Å². The molecule has 0 spiro atoms. The largest absolute Gasteiger partial charge is 0.395 e. The van der Waals surface area contributed by atoms with Crippen LogP contribution in [0, 0.1) is 0 Å². The van der Waals surface area contributed by atoms with Crippen LogP contribution < -0.4 is 15.8 Å². The van der Waals surface area contributed by atoms with Gasteiger partial charge in [-0.3, -0.25) is 14.8 Å². The number of hydrazone groups is 1. The van der Waals surface area contributed by atoms with Crippen LogP contribution in [0.25, 0.3) is 6.08 Å². The average molecular weight is 382 g/mol. The Balaban J connectivity index is 1.96. The molecule has 2 aromatic rings. The number of carbonyl (C=O) groups excluding carboxylic acids is 2. The first-order valence-electron chi connectivity index (χ1n) is 8.51. The number of nitrogens with one attached hydrogen (secondary N) is 2. The van der Waals surface area contributed by atoms with Gasteiger partial charge in [-0.25, -0.2) is 10.9 Å². The monoisotopic (exact) mass is 382 g/mol. The van der Waals surface area contributed by atoms with Crippen molar-refractivity contribution in [3.63, 3.8) is 0 Å². The van der Waals surface area contributed by atoms with Gasteiger partial charge in [-0.2, -0.15) is 5.10 Å². The zero-order chi connectivity index (χ0) is 20.4. The molecule has 146 valence electrons. The van der Waals surface area contributed by atoms with Gasteiger partial charge in [0, 0.05) is 30.9 Å². The molecule has 0 aliphatic carbocycles. The molecule has 0 aliphatic rings. The number of likely N-dealkylation sites (N-methyl/N-ethyl adjacent to an activating group) is 1. The summed E-state index contributed by atoms with van der Waals surface area (Å²) in [5, 5.41) is 21.4. The topological polar surface area (TPSA) is 114 Å². The minimum absolute atomic E-state index is 0.0807. The molecule has 0 unspecified atom stereocenters. The molecule has 0 aromatic heterocycles. The summed E-state index contributed by atoms with van der Waals surface area (Å²) in [6, 6.07) is 14.1. The molecule has 8 nitrogen and oxygen atoms in total. The van der Waals surface area contributed by atoms with E-state index in [4.69, 9.17) is 10.3 Å². The van der Waals surface area contributed by atoms with E-state index in [1.54, 1.807) is 24.3 Å². The Morgan fingerprint density at radius 3 is 2.57 bits per heavy atom. The van der Waals surface area contributed by atoms with Crippen LogP contribution >= 0.6 is 0 Å². The maximum Gasteiger partial charge on any atom is 0.271 e. The van der Waals surface area contributed by atoms with E-state index in [2.05, 4.69) is 10.5 Å². The predicted molar refractivity (Wildman–Crippen MR) is 107 cm³/mol. The first kappa shape index (κ1) is 20.8. The van der Waals surface area contributed by atoms with Crippen molar-refractivity contribution in [3.05, 3.63) is 71.3 Å². The maximum atomic E-state index is 12.2. The molecule has 0 atom stereocenters. The second kappa shape index (κ2) is 10.6. The standard InChI is InChI=1S/C20H22N4O4/c1-24(11-12-25)18-8-5-16(6-9-18)14-21-22-20(27)17-4-2-3-15(13-17)7-10-19(26)23-28/h2-10,13-14,25,28H,11-12H2,1H3,(H,22,27)(H,23,26)/b10-7+,21-14-. The van der Waals surface area contributed by atoms with Gasteiger partial charge in [0.05, 0.1) is 12.8 Å². The lowest BCUT2D eigenvalue weighted by Crippen LogP contribution is -2.20. The van der Waals surface area contributed by atoms with Gasteiger partial charge in [0.1, 0.15) is 0 Å². The van der Waals surface area contributed by atoms with Gasteiger partial charge >= 0.3 is 0 Å². The molecule has 0 aliphatic heterocycles. The van der Waals surface area contributed by atoms with Crippen molar-refractivity contribution in [2.45, 2.75) is 0 Å². The molecule has 0 heterocycles. The highest BCUT2D eigenvalue weighted by Gasteiger charge is 2.04. The second-order valence-corrected chi connectivity index (χ2v) is 5.87. The van der Waals surface area contributed by atoms with E-state index in [0.29, 0.717) is 17.7 Å². The van der Waals surface area contributed by atoms with Gasteiger partial charge in [0.15, 0.2) is 0 Å². The number of aliphatic hydroxyl groups is 1. The van der Waals surface area contributed by atoms with Crippen molar-refractivity contribution in [3.8, 4) is 0 Å². The summed E-state index contributed by atoms with van der Waals surface area (Å²) >= 11 is 0. The predicted octanol–water partition coefficient (Wildman–Crippen LogP) is 1.40. The minimum atomic E-state index is -0.659. The molecule has 8 heteroatoms. The molecule has 2 rings (SSSR count). The van der Waals surface area contributed by atoms with E-state index in [-0.39, 0.29) is 6.61 Å². The van der Waals surface area contributed by atoms with Crippen LogP contribution in [0.3, 0.4) is 0 Å². The quantitative estimate of drug-likeness (QED) is 0.238. The van der Waals surface area contributed by atoms with Crippen LogP contribution in [0.1, 0.15) is 21.5 Å². The number of aliphatic hydroxyl groups excluding tert-OH is 1. The van der Waals surface area contributed by atoms with Gasteiger partial charge in [-0.05, 0) is 41.5 Å². The van der Waals surface area contributed by atoms with E-state index in [1.807, 2.05) is 36.2 Å². The highest BCUT2D eigenvalue weighted by Crippen LogP contribution is 2.12. The lowest BCUT2D eigenvalue weighted by atomic mass is 10.1. The Morgan fingerprint density at radius 2 is 1.89 bits per heavy atom. The third kappa shape index (κ3) is 6.35. The zero-order valence-electron chi connectivity index (χ0n) is 15.4. The first-order chi connectivity index (χ1) is 13.5. The summed E-state index contributed by atoms with van der Waals surface area (Å²) in [6.07, 6.45) is 4.15. The van der Waals surface area contributed by atoms with E-state index in [0.717, 1.165) is 17.3 Å². The van der Waals surface area contributed by atoms with Crippen LogP contribution in [0.4, 0.5) is 5.69 Å². The van der Waals surface area contributed by atoms with Gasteiger partial charge in [0.2, 0.25) is 0 Å². The lowest BCUT2D eigenvalue weighted by Gasteiger charge is -2.17. The van der Waals surface area contributed by atoms with Crippen LogP contribution in [0.2, 0.25) is 0 Å². The van der Waals surface area contributed by atoms with Gasteiger partial charge < -0.3 is 10.0 Å². The van der Waals surface area contributed by atoms with Crippen molar-refractivity contribution in [2.24, 2.45) is 5.10 Å². The van der Waals surface area contributed by atoms with Crippen molar-refractivity contribution in [2.75, 3.05) is 25.1 Å². The fourth-order valence-corrected chi connectivity index (χ4v) is 2.32. The fraction of sp³-hybridized carbons (Fsp3) is 0.150. The zero-order valence-corrected chi connectivity index (χ0v) is 15.4. The Bertz CT molecular complexity index is 863. The Labute approximate surface area is 162 Å². The molecule has 4 N–H and O–H groups in total. The third-order valence-electron chi connectivity index (χ3n) is 3.84. The van der Waals surface area contributed by atoms with Crippen LogP contribution in [-0.4, -0.2) is 48.5 Å². The molecule has 28 heavy (non-hydrogen) atoms. The van der Waals surface area contributed by atoms with Crippen LogP contribution in [0.5, 0.6) is 0 Å². The number of hydroxylamine groups is 1. The number of benzene rings is 2. The Morgan fingerprint density at radius 1 is 1.14 bits per heavy atom. The summed E-state index contributed by atoms with van der Waals surface area (Å²) in [4.78, 5) is 25.1. The number of rotatable bonds is 8. The molecule has 0 bridgehead atoms. The molecule has 0 fully saturated rings. The normalized spacial score (nSPS) is 11.0. The van der Waals surface area contributed by atoms with E-state index in [1.165, 1.54) is 17.8 Å².